The van der Waals surface area contributed by atoms with Crippen molar-refractivity contribution in [1.29, 1.82) is 0 Å². The van der Waals surface area contributed by atoms with Crippen LogP contribution in [-0.4, -0.2) is 28.0 Å². The minimum atomic E-state index is 0.194. The Bertz CT molecular complexity index is 536. The molecule has 0 unspecified atom stereocenters. The van der Waals surface area contributed by atoms with Crippen LogP contribution < -0.4 is 5.73 Å². The number of rotatable bonds is 6. The summed E-state index contributed by atoms with van der Waals surface area (Å²) in [5, 5.41) is 0. The molecule has 0 fully saturated rings. The average molecular weight is 397 g/mol. The number of aromatic nitrogens is 2. The van der Waals surface area contributed by atoms with E-state index in [1.165, 1.54) is 0 Å². The van der Waals surface area contributed by atoms with Gasteiger partial charge in [-0.15, -0.1) is 0 Å². The first kappa shape index (κ1) is 20.4. The predicted molar refractivity (Wildman–Crippen MR) is 92.8 cm³/mol. The molecule has 4 nitrogen and oxygen atoms in total. The Morgan fingerprint density at radius 3 is 1.74 bits per heavy atom. The van der Waals surface area contributed by atoms with Gasteiger partial charge in [-0.2, -0.15) is 0 Å². The van der Waals surface area contributed by atoms with Gasteiger partial charge in [-0.3, -0.25) is 14.9 Å². The second-order valence-corrected chi connectivity index (χ2v) is 6.91. The van der Waals surface area contributed by atoms with Gasteiger partial charge in [0.05, 0.1) is 11.4 Å². The quantitative estimate of drug-likeness (QED) is 0.760. The molecule has 0 saturated carbocycles. The van der Waals surface area contributed by atoms with E-state index in [9.17, 15) is 0 Å². The second-order valence-electron chi connectivity index (χ2n) is 5.09. The van der Waals surface area contributed by atoms with Crippen molar-refractivity contribution in [2.45, 2.75) is 26.9 Å². The summed E-state index contributed by atoms with van der Waals surface area (Å²) in [6, 6.07) is 12.2. The third-order valence-electron chi connectivity index (χ3n) is 3.11. The summed E-state index contributed by atoms with van der Waals surface area (Å²) in [4.78, 5) is 11.4. The average Bonchev–Trinajstić information content (AvgIpc) is 2.48. The SMILES string of the molecule is Cc1cccc(CN(CCN)Cc2cccc(C)n2)n1.[Cl][Fe][Cl]. The van der Waals surface area contributed by atoms with Crippen LogP contribution in [0.15, 0.2) is 36.4 Å². The third-order valence-corrected chi connectivity index (χ3v) is 3.11. The molecule has 0 aromatic carbocycles. The predicted octanol–water partition coefficient (Wildman–Crippen LogP) is 3.43. The molecule has 0 aliphatic carbocycles. The van der Waals surface area contributed by atoms with E-state index in [1.54, 1.807) is 0 Å². The molecule has 0 radical (unpaired) electrons. The zero-order valence-corrected chi connectivity index (χ0v) is 15.9. The number of pyridine rings is 2. The van der Waals surface area contributed by atoms with Crippen molar-refractivity contribution in [3.05, 3.63) is 59.2 Å². The minimum absolute atomic E-state index is 0.194. The number of halogens is 2. The summed E-state index contributed by atoms with van der Waals surface area (Å²) >= 11 is 0.194. The van der Waals surface area contributed by atoms with E-state index in [4.69, 9.17) is 25.9 Å². The Hall–Kier alpha value is -0.681. The Morgan fingerprint density at radius 2 is 1.39 bits per heavy atom. The molecule has 2 heterocycles. The van der Waals surface area contributed by atoms with Gasteiger partial charge < -0.3 is 5.73 Å². The number of hydrogen-bond donors (Lipinski definition) is 1. The normalized spacial score (nSPS) is 10.5. The van der Waals surface area contributed by atoms with Gasteiger partial charge in [0.2, 0.25) is 0 Å². The van der Waals surface area contributed by atoms with Gasteiger partial charge >= 0.3 is 33.3 Å². The van der Waals surface area contributed by atoms with Crippen LogP contribution in [0.5, 0.6) is 0 Å². The molecule has 7 heteroatoms. The maximum absolute atomic E-state index is 5.71. The molecule has 2 N–H and O–H groups in total. The molecule has 0 spiro atoms. The molecule has 0 saturated heterocycles. The van der Waals surface area contributed by atoms with E-state index in [0.29, 0.717) is 6.54 Å². The molecule has 2 rings (SSSR count). The number of nitrogens with zero attached hydrogens (tertiary/aromatic N) is 3. The zero-order valence-electron chi connectivity index (χ0n) is 13.3. The molecule has 2 aromatic rings. The van der Waals surface area contributed by atoms with Gasteiger partial charge in [-0.05, 0) is 38.1 Å². The third kappa shape index (κ3) is 8.66. The Labute approximate surface area is 153 Å². The number of nitrogens with two attached hydrogens (primary N) is 1. The Balaban J connectivity index is 0.000000816. The zero-order chi connectivity index (χ0) is 17.1. The summed E-state index contributed by atoms with van der Waals surface area (Å²) in [5.74, 6) is 0. The van der Waals surface area contributed by atoms with E-state index in [-0.39, 0.29) is 13.1 Å². The van der Waals surface area contributed by atoms with E-state index in [1.807, 2.05) is 38.1 Å². The van der Waals surface area contributed by atoms with Crippen molar-refractivity contribution in [2.75, 3.05) is 13.1 Å². The standard InChI is InChI=1S/C16H22N4.2ClH.Fe/c1-13-5-3-7-15(18-13)11-20(10-9-17)12-16-8-4-6-14(2)19-16;;;/h3-8H,9-12,17H2,1-2H3;2*1H;/q;;;+2/p-2. The van der Waals surface area contributed by atoms with E-state index < -0.39 is 0 Å². The van der Waals surface area contributed by atoms with Gasteiger partial charge in [-0.25, -0.2) is 0 Å². The maximum atomic E-state index is 5.71. The molecular weight excluding hydrogens is 375 g/mol. The molecule has 0 amide bonds. The fraction of sp³-hybridized carbons (Fsp3) is 0.375. The fourth-order valence-electron chi connectivity index (χ4n) is 2.23. The van der Waals surface area contributed by atoms with Gasteiger partial charge in [-0.1, -0.05) is 12.1 Å². The van der Waals surface area contributed by atoms with Gasteiger partial charge in [0.25, 0.3) is 0 Å². The van der Waals surface area contributed by atoms with Crippen LogP contribution in [0, 0.1) is 13.8 Å². The Kier molecular flexibility index (Phi) is 10.4. The van der Waals surface area contributed by atoms with Crippen LogP contribution in [0.3, 0.4) is 0 Å². The van der Waals surface area contributed by atoms with Crippen LogP contribution in [0.4, 0.5) is 0 Å². The molecule has 23 heavy (non-hydrogen) atoms. The van der Waals surface area contributed by atoms with Crippen LogP contribution in [0.25, 0.3) is 0 Å². The number of aryl methyl sites for hydroxylation is 2. The second kappa shape index (κ2) is 11.8. The summed E-state index contributed by atoms with van der Waals surface area (Å²) in [6.07, 6.45) is 0. The first-order valence-corrected chi connectivity index (χ1v) is 10.3. The van der Waals surface area contributed by atoms with Gasteiger partial charge in [0.15, 0.2) is 0 Å². The van der Waals surface area contributed by atoms with Gasteiger partial charge in [0, 0.05) is 37.6 Å². The topological polar surface area (TPSA) is 55.0 Å². The number of hydrogen-bond acceptors (Lipinski definition) is 4. The van der Waals surface area contributed by atoms with Crippen molar-refractivity contribution >= 4 is 20.2 Å². The van der Waals surface area contributed by atoms with E-state index in [2.05, 4.69) is 27.0 Å². The first-order chi connectivity index (χ1) is 11.1. The fourth-order valence-corrected chi connectivity index (χ4v) is 2.23. The van der Waals surface area contributed by atoms with E-state index >= 15 is 0 Å². The molecule has 128 valence electrons. The van der Waals surface area contributed by atoms with E-state index in [0.717, 1.165) is 42.4 Å². The van der Waals surface area contributed by atoms with Crippen molar-refractivity contribution < 1.29 is 13.1 Å². The molecule has 0 atom stereocenters. The van der Waals surface area contributed by atoms with Crippen molar-refractivity contribution in [3.8, 4) is 0 Å². The van der Waals surface area contributed by atoms with Gasteiger partial charge in [0.1, 0.15) is 0 Å². The monoisotopic (exact) mass is 396 g/mol. The summed E-state index contributed by atoms with van der Waals surface area (Å²) in [5.41, 5.74) is 9.95. The molecule has 2 aromatic heterocycles. The molecular formula is C16H22Cl2FeN4. The van der Waals surface area contributed by atoms with Crippen LogP contribution >= 0.6 is 20.2 Å². The molecule has 0 aliphatic rings. The van der Waals surface area contributed by atoms with Crippen molar-refractivity contribution in [1.82, 2.24) is 14.9 Å². The van der Waals surface area contributed by atoms with Crippen LogP contribution in [-0.2, 0) is 26.2 Å². The summed E-state index contributed by atoms with van der Waals surface area (Å²) < 4.78 is 0. The van der Waals surface area contributed by atoms with Crippen LogP contribution in [0.1, 0.15) is 22.8 Å². The molecule has 0 aliphatic heterocycles. The summed E-state index contributed by atoms with van der Waals surface area (Å²) in [7, 11) is 9.53. The molecule has 0 bridgehead atoms. The first-order valence-electron chi connectivity index (χ1n) is 7.21. The summed E-state index contributed by atoms with van der Waals surface area (Å²) in [6.45, 7) is 7.10. The van der Waals surface area contributed by atoms with Crippen molar-refractivity contribution in [3.63, 3.8) is 0 Å². The van der Waals surface area contributed by atoms with Crippen LogP contribution in [0.2, 0.25) is 0 Å². The Morgan fingerprint density at radius 1 is 0.957 bits per heavy atom. The van der Waals surface area contributed by atoms with Crippen molar-refractivity contribution in [2.24, 2.45) is 5.73 Å².